The van der Waals surface area contributed by atoms with Crippen molar-refractivity contribution >= 4 is 17.3 Å². The topological polar surface area (TPSA) is 78.6 Å². The van der Waals surface area contributed by atoms with Gasteiger partial charge in [-0.15, -0.1) is 0 Å². The molecule has 4 N–H and O–H groups in total. The van der Waals surface area contributed by atoms with E-state index in [4.69, 9.17) is 10.8 Å². The summed E-state index contributed by atoms with van der Waals surface area (Å²) < 4.78 is 0. The molecule has 5 nitrogen and oxygen atoms in total. The molecule has 0 atom stereocenters. The molecule has 0 spiro atoms. The van der Waals surface area contributed by atoms with E-state index in [9.17, 15) is 4.79 Å². The molecular weight excluding hydrogens is 242 g/mol. The van der Waals surface area contributed by atoms with E-state index in [2.05, 4.69) is 10.2 Å². The van der Waals surface area contributed by atoms with E-state index < -0.39 is 0 Å². The number of benzene rings is 1. The zero-order chi connectivity index (χ0) is 14.4. The van der Waals surface area contributed by atoms with Crippen molar-refractivity contribution in [3.05, 3.63) is 23.8 Å². The summed E-state index contributed by atoms with van der Waals surface area (Å²) in [6.07, 6.45) is 0.653. The highest BCUT2D eigenvalue weighted by atomic mass is 16.3. The smallest absolute Gasteiger partial charge is 0.253 e. The number of nitrogens with one attached hydrogen (secondary N) is 1. The maximum absolute atomic E-state index is 11.9. The number of anilines is 2. The van der Waals surface area contributed by atoms with Crippen molar-refractivity contribution < 1.29 is 9.90 Å². The van der Waals surface area contributed by atoms with Crippen LogP contribution in [0.15, 0.2) is 18.2 Å². The van der Waals surface area contributed by atoms with Crippen molar-refractivity contribution in [2.75, 3.05) is 30.8 Å². The minimum absolute atomic E-state index is 0.126. The molecule has 1 amide bonds. The Morgan fingerprint density at radius 3 is 2.68 bits per heavy atom. The van der Waals surface area contributed by atoms with Crippen LogP contribution in [0.2, 0.25) is 0 Å². The maximum atomic E-state index is 11.9. The fourth-order valence-corrected chi connectivity index (χ4v) is 2.01. The standard InChI is InChI=1S/C14H23N3O2/c1-10(2)17(7-4-8-18)13-9-11(15)5-6-12(13)14(19)16-3/h5-6,9-10,18H,4,7-8,15H2,1-3H3,(H,16,19). The largest absolute Gasteiger partial charge is 0.399 e. The van der Waals surface area contributed by atoms with Gasteiger partial charge in [-0.2, -0.15) is 0 Å². The van der Waals surface area contributed by atoms with Crippen LogP contribution in [0.5, 0.6) is 0 Å². The van der Waals surface area contributed by atoms with E-state index in [0.29, 0.717) is 24.2 Å². The maximum Gasteiger partial charge on any atom is 0.253 e. The second-order valence-corrected chi connectivity index (χ2v) is 4.72. The van der Waals surface area contributed by atoms with Gasteiger partial charge in [0, 0.05) is 31.9 Å². The Labute approximate surface area is 114 Å². The Kier molecular flexibility index (Phi) is 5.63. The van der Waals surface area contributed by atoms with Crippen molar-refractivity contribution in [1.82, 2.24) is 5.32 Å². The molecule has 0 heterocycles. The number of carbonyl (C=O) groups excluding carboxylic acids is 1. The molecule has 106 valence electrons. The van der Waals surface area contributed by atoms with E-state index in [1.54, 1.807) is 19.2 Å². The first-order valence-corrected chi connectivity index (χ1v) is 6.50. The lowest BCUT2D eigenvalue weighted by molar-refractivity contribution is 0.0963. The van der Waals surface area contributed by atoms with Gasteiger partial charge < -0.3 is 21.1 Å². The van der Waals surface area contributed by atoms with Crippen LogP contribution in [0.1, 0.15) is 30.6 Å². The average Bonchev–Trinajstić information content (AvgIpc) is 2.38. The Morgan fingerprint density at radius 1 is 1.47 bits per heavy atom. The highest BCUT2D eigenvalue weighted by molar-refractivity contribution is 6.00. The highest BCUT2D eigenvalue weighted by Gasteiger charge is 2.18. The molecule has 1 rings (SSSR count). The Morgan fingerprint density at radius 2 is 2.16 bits per heavy atom. The zero-order valence-corrected chi connectivity index (χ0v) is 11.8. The van der Waals surface area contributed by atoms with Crippen LogP contribution < -0.4 is 16.0 Å². The number of carbonyl (C=O) groups is 1. The van der Waals surface area contributed by atoms with Crippen LogP contribution in [0.4, 0.5) is 11.4 Å². The van der Waals surface area contributed by atoms with Crippen molar-refractivity contribution in [2.24, 2.45) is 0 Å². The lowest BCUT2D eigenvalue weighted by atomic mass is 10.1. The van der Waals surface area contributed by atoms with Crippen molar-refractivity contribution in [1.29, 1.82) is 0 Å². The predicted octanol–water partition coefficient (Wildman–Crippen LogP) is 1.23. The molecule has 0 fully saturated rings. The molecular formula is C14H23N3O2. The number of amides is 1. The van der Waals surface area contributed by atoms with Crippen molar-refractivity contribution in [3.63, 3.8) is 0 Å². The monoisotopic (exact) mass is 265 g/mol. The minimum atomic E-state index is -0.135. The fourth-order valence-electron chi connectivity index (χ4n) is 2.01. The van der Waals surface area contributed by atoms with E-state index in [1.807, 2.05) is 19.9 Å². The van der Waals surface area contributed by atoms with Gasteiger partial charge in [0.05, 0.1) is 11.3 Å². The first kappa shape index (κ1) is 15.3. The molecule has 0 saturated heterocycles. The van der Waals surface area contributed by atoms with Gasteiger partial charge >= 0.3 is 0 Å². The van der Waals surface area contributed by atoms with E-state index in [-0.39, 0.29) is 18.6 Å². The third kappa shape index (κ3) is 3.86. The molecule has 0 radical (unpaired) electrons. The number of hydrogen-bond acceptors (Lipinski definition) is 4. The van der Waals surface area contributed by atoms with Gasteiger partial charge in [0.2, 0.25) is 0 Å². The number of nitrogens with zero attached hydrogens (tertiary/aromatic N) is 1. The van der Waals surface area contributed by atoms with Crippen LogP contribution in [0, 0.1) is 0 Å². The Balaban J connectivity index is 3.19. The number of rotatable bonds is 6. The average molecular weight is 265 g/mol. The predicted molar refractivity (Wildman–Crippen MR) is 78.4 cm³/mol. The zero-order valence-electron chi connectivity index (χ0n) is 11.8. The molecule has 0 saturated carbocycles. The van der Waals surface area contributed by atoms with Gasteiger partial charge in [-0.25, -0.2) is 0 Å². The summed E-state index contributed by atoms with van der Waals surface area (Å²) in [5, 5.41) is 11.6. The van der Waals surface area contributed by atoms with Crippen LogP contribution in [-0.2, 0) is 0 Å². The molecule has 19 heavy (non-hydrogen) atoms. The van der Waals surface area contributed by atoms with Crippen LogP contribution >= 0.6 is 0 Å². The fraction of sp³-hybridized carbons (Fsp3) is 0.500. The van der Waals surface area contributed by atoms with Gasteiger partial charge in [0.15, 0.2) is 0 Å². The molecule has 0 bridgehead atoms. The SMILES string of the molecule is CNC(=O)c1ccc(N)cc1N(CCCO)C(C)C. The first-order chi connectivity index (χ1) is 9.01. The molecule has 0 aliphatic rings. The van der Waals surface area contributed by atoms with Gasteiger partial charge in [-0.05, 0) is 38.5 Å². The Bertz CT molecular complexity index is 433. The number of nitrogen functional groups attached to an aromatic ring is 1. The number of nitrogens with two attached hydrogens (primary N) is 1. The summed E-state index contributed by atoms with van der Waals surface area (Å²) >= 11 is 0. The van der Waals surface area contributed by atoms with Gasteiger partial charge in [0.1, 0.15) is 0 Å². The van der Waals surface area contributed by atoms with E-state index in [0.717, 1.165) is 5.69 Å². The molecule has 0 aromatic heterocycles. The number of aliphatic hydroxyl groups excluding tert-OH is 1. The molecule has 1 aromatic rings. The highest BCUT2D eigenvalue weighted by Crippen LogP contribution is 2.25. The lowest BCUT2D eigenvalue weighted by Gasteiger charge is -2.30. The van der Waals surface area contributed by atoms with Crippen molar-refractivity contribution in [3.8, 4) is 0 Å². The minimum Gasteiger partial charge on any atom is -0.399 e. The van der Waals surface area contributed by atoms with Gasteiger partial charge in [0.25, 0.3) is 5.91 Å². The third-order valence-electron chi connectivity index (χ3n) is 2.98. The summed E-state index contributed by atoms with van der Waals surface area (Å²) in [5.74, 6) is -0.135. The summed E-state index contributed by atoms with van der Waals surface area (Å²) in [6, 6.07) is 5.48. The first-order valence-electron chi connectivity index (χ1n) is 6.50. The van der Waals surface area contributed by atoms with Crippen LogP contribution in [0.25, 0.3) is 0 Å². The van der Waals surface area contributed by atoms with E-state index >= 15 is 0 Å². The summed E-state index contributed by atoms with van der Waals surface area (Å²) in [7, 11) is 1.61. The summed E-state index contributed by atoms with van der Waals surface area (Å²) in [5.41, 5.74) is 7.86. The van der Waals surface area contributed by atoms with Gasteiger partial charge in [-0.1, -0.05) is 0 Å². The quantitative estimate of drug-likeness (QED) is 0.676. The summed E-state index contributed by atoms with van der Waals surface area (Å²) in [6.45, 7) is 4.91. The second-order valence-electron chi connectivity index (χ2n) is 4.72. The molecule has 0 unspecified atom stereocenters. The van der Waals surface area contributed by atoms with E-state index in [1.165, 1.54) is 0 Å². The molecule has 0 aliphatic carbocycles. The molecule has 0 aliphatic heterocycles. The molecule has 5 heteroatoms. The normalized spacial score (nSPS) is 10.6. The lowest BCUT2D eigenvalue weighted by Crippen LogP contribution is -2.34. The van der Waals surface area contributed by atoms with Crippen LogP contribution in [-0.4, -0.2) is 37.3 Å². The number of hydrogen-bond donors (Lipinski definition) is 3. The van der Waals surface area contributed by atoms with Crippen molar-refractivity contribution in [2.45, 2.75) is 26.3 Å². The second kappa shape index (κ2) is 6.99. The van der Waals surface area contributed by atoms with Gasteiger partial charge in [-0.3, -0.25) is 4.79 Å². The van der Waals surface area contributed by atoms with Crippen LogP contribution in [0.3, 0.4) is 0 Å². The number of aliphatic hydroxyl groups is 1. The Hall–Kier alpha value is -1.75. The molecule has 1 aromatic carbocycles. The summed E-state index contributed by atoms with van der Waals surface area (Å²) in [4.78, 5) is 14.0. The third-order valence-corrected chi connectivity index (χ3v) is 2.98.